The molecule has 2 atom stereocenters. The first-order valence-corrected chi connectivity index (χ1v) is 16.8. The minimum Gasteiger partial charge on any atom is -0.463 e. The van der Waals surface area contributed by atoms with Crippen LogP contribution >= 0.6 is 7.82 Å². The molecule has 0 aliphatic carbocycles. The van der Waals surface area contributed by atoms with Crippen LogP contribution in [0.2, 0.25) is 0 Å². The van der Waals surface area contributed by atoms with Gasteiger partial charge >= 0.3 is 13.8 Å². The predicted molar refractivity (Wildman–Crippen MR) is 169 cm³/mol. The number of ether oxygens (including phenoxy) is 1. The minimum absolute atomic E-state index is 0.0606. The predicted octanol–water partition coefficient (Wildman–Crippen LogP) is 7.03. The molecule has 0 saturated heterocycles. The number of hydrogen-bond acceptors (Lipinski definition) is 7. The van der Waals surface area contributed by atoms with Gasteiger partial charge in [0.15, 0.2) is 0 Å². The molecule has 240 valence electrons. The fraction of sp³-hybridized carbons (Fsp3) is 0.625. The maximum Gasteiger partial charge on any atom is 0.472 e. The zero-order chi connectivity index (χ0) is 31.2. The molecule has 0 aliphatic heterocycles. The van der Waals surface area contributed by atoms with Crippen molar-refractivity contribution in [2.75, 3.05) is 26.4 Å². The van der Waals surface area contributed by atoms with Crippen molar-refractivity contribution in [2.45, 2.75) is 103 Å². The van der Waals surface area contributed by atoms with Crippen LogP contribution in [0.5, 0.6) is 0 Å². The minimum atomic E-state index is -4.38. The SMILES string of the molecule is CC/C=C\C/C=C\C/C=C\C/C=C\C/C=C\CCCCCCCC(=O)OCC(O)COP(=O)(O)OCCNC(=O)CC. The summed E-state index contributed by atoms with van der Waals surface area (Å²) in [4.78, 5) is 32.5. The smallest absolute Gasteiger partial charge is 0.463 e. The van der Waals surface area contributed by atoms with Crippen LogP contribution in [0.15, 0.2) is 60.8 Å². The lowest BCUT2D eigenvalue weighted by Gasteiger charge is -2.15. The number of rotatable bonds is 27. The molecule has 0 saturated carbocycles. The molecule has 0 aliphatic rings. The molecular weight excluding hydrogens is 557 g/mol. The van der Waals surface area contributed by atoms with Crippen molar-refractivity contribution >= 4 is 19.7 Å². The van der Waals surface area contributed by atoms with Gasteiger partial charge in [-0.2, -0.15) is 0 Å². The Hall–Kier alpha value is -2.29. The van der Waals surface area contributed by atoms with E-state index >= 15 is 0 Å². The number of carbonyl (C=O) groups is 2. The largest absolute Gasteiger partial charge is 0.472 e. The highest BCUT2D eigenvalue weighted by molar-refractivity contribution is 7.47. The summed E-state index contributed by atoms with van der Waals surface area (Å²) in [5, 5.41) is 12.3. The van der Waals surface area contributed by atoms with E-state index in [2.05, 4.69) is 77.5 Å². The molecule has 0 spiro atoms. The second-order valence-corrected chi connectivity index (χ2v) is 11.1. The van der Waals surface area contributed by atoms with Gasteiger partial charge in [0.25, 0.3) is 0 Å². The molecule has 9 nitrogen and oxygen atoms in total. The highest BCUT2D eigenvalue weighted by atomic mass is 31.2. The zero-order valence-corrected chi connectivity index (χ0v) is 26.6. The first-order valence-electron chi connectivity index (χ1n) is 15.3. The van der Waals surface area contributed by atoms with Crippen molar-refractivity contribution in [1.82, 2.24) is 5.32 Å². The summed E-state index contributed by atoms with van der Waals surface area (Å²) in [6.07, 6.45) is 32.2. The number of hydrogen-bond donors (Lipinski definition) is 3. The topological polar surface area (TPSA) is 131 Å². The number of amides is 1. The van der Waals surface area contributed by atoms with E-state index in [-0.39, 0.29) is 32.1 Å². The summed E-state index contributed by atoms with van der Waals surface area (Å²) >= 11 is 0. The van der Waals surface area contributed by atoms with Crippen LogP contribution in [0, 0.1) is 0 Å². The van der Waals surface area contributed by atoms with E-state index in [0.29, 0.717) is 12.8 Å². The number of esters is 1. The van der Waals surface area contributed by atoms with Crippen molar-refractivity contribution in [3.8, 4) is 0 Å². The number of phosphoric acid groups is 1. The van der Waals surface area contributed by atoms with Gasteiger partial charge in [0.1, 0.15) is 12.7 Å². The fourth-order valence-corrected chi connectivity index (χ4v) is 4.19. The highest BCUT2D eigenvalue weighted by Crippen LogP contribution is 2.42. The third-order valence-electron chi connectivity index (χ3n) is 5.78. The Balaban J connectivity index is 3.64. The average Bonchev–Trinajstić information content (AvgIpc) is 2.97. The van der Waals surface area contributed by atoms with Crippen molar-refractivity contribution in [3.05, 3.63) is 60.8 Å². The Morgan fingerprint density at radius 1 is 0.762 bits per heavy atom. The van der Waals surface area contributed by atoms with Crippen LogP contribution in [0.3, 0.4) is 0 Å². The second kappa shape index (κ2) is 28.8. The summed E-state index contributed by atoms with van der Waals surface area (Å²) in [6.45, 7) is 2.81. The summed E-state index contributed by atoms with van der Waals surface area (Å²) in [5.41, 5.74) is 0. The van der Waals surface area contributed by atoms with Crippen molar-refractivity contribution in [2.24, 2.45) is 0 Å². The summed E-state index contributed by atoms with van der Waals surface area (Å²) in [7, 11) is -4.38. The van der Waals surface area contributed by atoms with E-state index in [9.17, 15) is 24.2 Å². The Bertz CT molecular complexity index is 882. The zero-order valence-electron chi connectivity index (χ0n) is 25.7. The second-order valence-electron chi connectivity index (χ2n) is 9.65. The van der Waals surface area contributed by atoms with E-state index in [1.54, 1.807) is 6.92 Å². The molecule has 0 bridgehead atoms. The molecule has 0 aromatic rings. The lowest BCUT2D eigenvalue weighted by atomic mass is 10.1. The van der Waals surface area contributed by atoms with Gasteiger partial charge in [-0.15, -0.1) is 0 Å². The molecular formula is C32H54NO8P. The van der Waals surface area contributed by atoms with Crippen molar-refractivity contribution < 1.29 is 37.9 Å². The van der Waals surface area contributed by atoms with E-state index in [1.807, 2.05) is 0 Å². The molecule has 0 rings (SSSR count). The van der Waals surface area contributed by atoms with Gasteiger partial charge in [-0.1, -0.05) is 93.9 Å². The Labute approximate surface area is 253 Å². The third-order valence-corrected chi connectivity index (χ3v) is 6.76. The van der Waals surface area contributed by atoms with Gasteiger partial charge in [-0.3, -0.25) is 18.6 Å². The van der Waals surface area contributed by atoms with Gasteiger partial charge < -0.3 is 20.1 Å². The number of phosphoric ester groups is 1. The Morgan fingerprint density at radius 2 is 1.31 bits per heavy atom. The summed E-state index contributed by atoms with van der Waals surface area (Å²) in [6, 6.07) is 0. The number of allylic oxidation sites excluding steroid dienone is 10. The molecule has 0 fully saturated rings. The molecule has 1 amide bonds. The maximum atomic E-state index is 11.8. The fourth-order valence-electron chi connectivity index (χ4n) is 3.43. The first-order chi connectivity index (χ1) is 20.3. The van der Waals surface area contributed by atoms with Gasteiger partial charge in [0, 0.05) is 19.4 Å². The number of aliphatic hydroxyl groups excluding tert-OH is 1. The normalized spacial score (nSPS) is 14.5. The van der Waals surface area contributed by atoms with E-state index in [4.69, 9.17) is 9.26 Å². The number of nitrogens with one attached hydrogen (secondary N) is 1. The molecule has 0 aromatic carbocycles. The van der Waals surface area contributed by atoms with Crippen LogP contribution in [0.4, 0.5) is 0 Å². The van der Waals surface area contributed by atoms with Gasteiger partial charge in [0.2, 0.25) is 5.91 Å². The van der Waals surface area contributed by atoms with E-state index < -0.39 is 26.5 Å². The quantitative estimate of drug-likeness (QED) is 0.0390. The van der Waals surface area contributed by atoms with Crippen LogP contribution in [-0.2, 0) is 27.9 Å². The highest BCUT2D eigenvalue weighted by Gasteiger charge is 2.23. The van der Waals surface area contributed by atoms with Gasteiger partial charge in [-0.05, 0) is 51.4 Å². The van der Waals surface area contributed by atoms with Crippen LogP contribution in [-0.4, -0.2) is 54.3 Å². The van der Waals surface area contributed by atoms with Crippen molar-refractivity contribution in [1.29, 1.82) is 0 Å². The first kappa shape index (κ1) is 39.7. The van der Waals surface area contributed by atoms with Gasteiger partial charge in [-0.25, -0.2) is 4.57 Å². The summed E-state index contributed by atoms with van der Waals surface area (Å²) < 4.78 is 26.1. The lowest BCUT2D eigenvalue weighted by Crippen LogP contribution is -2.26. The Morgan fingerprint density at radius 3 is 1.90 bits per heavy atom. The van der Waals surface area contributed by atoms with Crippen LogP contribution in [0.1, 0.15) is 97.3 Å². The molecule has 42 heavy (non-hydrogen) atoms. The van der Waals surface area contributed by atoms with Crippen molar-refractivity contribution in [3.63, 3.8) is 0 Å². The molecule has 3 N–H and O–H groups in total. The molecule has 0 aromatic heterocycles. The number of carbonyl (C=O) groups excluding carboxylic acids is 2. The number of aliphatic hydroxyl groups is 1. The third kappa shape index (κ3) is 29.2. The molecule has 2 unspecified atom stereocenters. The lowest BCUT2D eigenvalue weighted by molar-refractivity contribution is -0.147. The van der Waals surface area contributed by atoms with Crippen LogP contribution in [0.25, 0.3) is 0 Å². The maximum absolute atomic E-state index is 11.8. The van der Waals surface area contributed by atoms with E-state index in [1.165, 1.54) is 0 Å². The Kier molecular flexibility index (Phi) is 27.2. The monoisotopic (exact) mass is 611 g/mol. The average molecular weight is 612 g/mol. The number of unbranched alkanes of at least 4 members (excludes halogenated alkanes) is 5. The summed E-state index contributed by atoms with van der Waals surface area (Å²) in [5.74, 6) is -0.635. The molecule has 0 radical (unpaired) electrons. The van der Waals surface area contributed by atoms with E-state index in [0.717, 1.165) is 64.2 Å². The van der Waals surface area contributed by atoms with Gasteiger partial charge in [0.05, 0.1) is 13.2 Å². The standard InChI is InChI=1S/C32H54NO8P/c1-3-5-6-7-8-9-10-11-12-13-14-15-16-17-18-19-20-21-22-23-24-25-32(36)39-28-30(34)29-41-42(37,38)40-27-26-33-31(35)4-2/h5-6,8-9,11-12,14-15,17-18,30,34H,3-4,7,10,13,16,19-29H2,1-2H3,(H,33,35)(H,37,38)/b6-5-,9-8-,12-11-,15-14-,18-17-. The molecule has 0 heterocycles. The molecule has 10 heteroatoms. The van der Waals surface area contributed by atoms with Crippen LogP contribution < -0.4 is 5.32 Å².